The molecule has 1 aliphatic rings. The fourth-order valence-corrected chi connectivity index (χ4v) is 2.83. The molecule has 0 spiro atoms. The van der Waals surface area contributed by atoms with Crippen LogP contribution in [0.15, 0.2) is 48.5 Å². The predicted molar refractivity (Wildman–Crippen MR) is 93.6 cm³/mol. The summed E-state index contributed by atoms with van der Waals surface area (Å²) in [6, 6.07) is 12.5. The number of nitrogens with one attached hydrogen (secondary N) is 2. The van der Waals surface area contributed by atoms with Gasteiger partial charge in [0.25, 0.3) is 5.91 Å². The average molecular weight is 355 g/mol. The van der Waals surface area contributed by atoms with Gasteiger partial charge >= 0.3 is 0 Å². The number of hydrazine groups is 1. The van der Waals surface area contributed by atoms with Crippen molar-refractivity contribution in [3.63, 3.8) is 0 Å². The number of aryl methyl sites for hydroxylation is 1. The molecule has 0 saturated carbocycles. The van der Waals surface area contributed by atoms with Crippen molar-refractivity contribution in [2.45, 2.75) is 13.3 Å². The summed E-state index contributed by atoms with van der Waals surface area (Å²) in [5.41, 5.74) is 6.63. The second-order valence-electron chi connectivity index (χ2n) is 6.19. The lowest BCUT2D eigenvalue weighted by Gasteiger charge is -2.16. The summed E-state index contributed by atoms with van der Waals surface area (Å²) in [5, 5.41) is 0. The monoisotopic (exact) mass is 355 g/mol. The van der Waals surface area contributed by atoms with Crippen LogP contribution in [0.25, 0.3) is 0 Å². The van der Waals surface area contributed by atoms with Gasteiger partial charge in [-0.05, 0) is 43.3 Å². The lowest BCUT2D eigenvalue weighted by Crippen LogP contribution is -2.45. The minimum atomic E-state index is -0.592. The van der Waals surface area contributed by atoms with Gasteiger partial charge in [0, 0.05) is 24.2 Å². The molecule has 0 bridgehead atoms. The first-order valence-corrected chi connectivity index (χ1v) is 8.17. The van der Waals surface area contributed by atoms with Gasteiger partial charge in [0.05, 0.1) is 5.92 Å². The highest BCUT2D eigenvalue weighted by molar-refractivity contribution is 6.01. The number of benzene rings is 2. The molecule has 6 nitrogen and oxygen atoms in total. The van der Waals surface area contributed by atoms with E-state index in [2.05, 4.69) is 10.9 Å². The van der Waals surface area contributed by atoms with Gasteiger partial charge in [-0.3, -0.25) is 25.2 Å². The summed E-state index contributed by atoms with van der Waals surface area (Å²) in [4.78, 5) is 37.9. The highest BCUT2D eigenvalue weighted by Gasteiger charge is 2.35. The van der Waals surface area contributed by atoms with Gasteiger partial charge in [-0.2, -0.15) is 0 Å². The lowest BCUT2D eigenvalue weighted by atomic mass is 10.1. The molecule has 0 unspecified atom stereocenters. The van der Waals surface area contributed by atoms with Crippen molar-refractivity contribution in [2.75, 3.05) is 11.4 Å². The van der Waals surface area contributed by atoms with Crippen LogP contribution >= 0.6 is 0 Å². The van der Waals surface area contributed by atoms with Gasteiger partial charge in [0.2, 0.25) is 11.8 Å². The summed E-state index contributed by atoms with van der Waals surface area (Å²) < 4.78 is 13.0. The zero-order valence-electron chi connectivity index (χ0n) is 14.2. The number of hydrogen-bond donors (Lipinski definition) is 2. The summed E-state index contributed by atoms with van der Waals surface area (Å²) in [7, 11) is 0. The van der Waals surface area contributed by atoms with Crippen LogP contribution in [-0.4, -0.2) is 24.3 Å². The maximum atomic E-state index is 13.0. The molecule has 2 N–H and O–H groups in total. The highest BCUT2D eigenvalue weighted by Crippen LogP contribution is 2.25. The summed E-state index contributed by atoms with van der Waals surface area (Å²) in [6.45, 7) is 2.04. The molecule has 0 radical (unpaired) electrons. The Morgan fingerprint density at radius 1 is 1.12 bits per heavy atom. The second-order valence-corrected chi connectivity index (χ2v) is 6.19. The molecular formula is C19H18FN3O3. The van der Waals surface area contributed by atoms with E-state index in [0.717, 1.165) is 5.56 Å². The molecule has 3 amide bonds. The van der Waals surface area contributed by atoms with E-state index in [1.54, 1.807) is 18.2 Å². The SMILES string of the molecule is Cc1cccc(C(=O)NNC(=O)[C@@H]2CC(=O)N(c3ccc(F)cc3)C2)c1. The standard InChI is InChI=1S/C19H18FN3O3/c1-12-3-2-4-13(9-12)18(25)21-22-19(26)14-10-17(24)23(11-14)16-7-5-15(20)6-8-16/h2-9,14H,10-11H2,1H3,(H,21,25)(H,22,26)/t14-/m1/s1. The van der Waals surface area contributed by atoms with Gasteiger partial charge in [0.15, 0.2) is 0 Å². The number of hydrogen-bond acceptors (Lipinski definition) is 3. The second kappa shape index (κ2) is 7.35. The average Bonchev–Trinajstić information content (AvgIpc) is 3.02. The molecule has 2 aromatic rings. The Morgan fingerprint density at radius 3 is 2.54 bits per heavy atom. The number of carbonyl (C=O) groups is 3. The van der Waals surface area contributed by atoms with Crippen LogP contribution in [-0.2, 0) is 9.59 Å². The van der Waals surface area contributed by atoms with Crippen molar-refractivity contribution in [3.8, 4) is 0 Å². The van der Waals surface area contributed by atoms with Gasteiger partial charge in [-0.25, -0.2) is 4.39 Å². The smallest absolute Gasteiger partial charge is 0.269 e. The number of anilines is 1. The number of carbonyl (C=O) groups excluding carboxylic acids is 3. The van der Waals surface area contributed by atoms with Gasteiger partial charge in [-0.1, -0.05) is 17.7 Å². The molecule has 3 rings (SSSR count). The molecule has 134 valence electrons. The van der Waals surface area contributed by atoms with Crippen LogP contribution in [0.2, 0.25) is 0 Å². The minimum Gasteiger partial charge on any atom is -0.312 e. The number of amides is 3. The zero-order valence-corrected chi connectivity index (χ0v) is 14.2. The summed E-state index contributed by atoms with van der Waals surface area (Å²) in [5.74, 6) is -2.08. The van der Waals surface area contributed by atoms with Crippen molar-refractivity contribution in [1.82, 2.24) is 10.9 Å². The maximum Gasteiger partial charge on any atom is 0.269 e. The zero-order chi connectivity index (χ0) is 18.7. The Kier molecular flexibility index (Phi) is 4.97. The summed E-state index contributed by atoms with van der Waals surface area (Å²) in [6.07, 6.45) is 0.0313. The van der Waals surface area contributed by atoms with E-state index < -0.39 is 23.5 Å². The normalized spacial score (nSPS) is 16.5. The number of halogens is 1. The molecule has 0 aromatic heterocycles. The molecule has 1 aliphatic heterocycles. The molecule has 1 atom stereocenters. The topological polar surface area (TPSA) is 78.5 Å². The molecule has 26 heavy (non-hydrogen) atoms. The Balaban J connectivity index is 1.58. The van der Waals surface area contributed by atoms with Crippen LogP contribution in [0.1, 0.15) is 22.3 Å². The first kappa shape index (κ1) is 17.6. The summed E-state index contributed by atoms with van der Waals surface area (Å²) >= 11 is 0. The minimum absolute atomic E-state index is 0.0313. The molecule has 1 heterocycles. The Bertz CT molecular complexity index is 851. The predicted octanol–water partition coefficient (Wildman–Crippen LogP) is 1.95. The van der Waals surface area contributed by atoms with Gasteiger partial charge in [-0.15, -0.1) is 0 Å². The molecule has 1 fully saturated rings. The van der Waals surface area contributed by atoms with E-state index in [4.69, 9.17) is 0 Å². The largest absolute Gasteiger partial charge is 0.312 e. The molecule has 1 saturated heterocycles. The highest BCUT2D eigenvalue weighted by atomic mass is 19.1. The van der Waals surface area contributed by atoms with Crippen molar-refractivity contribution >= 4 is 23.4 Å². The van der Waals surface area contributed by atoms with Gasteiger partial charge in [0.1, 0.15) is 5.82 Å². The fourth-order valence-electron chi connectivity index (χ4n) is 2.83. The van der Waals surface area contributed by atoms with Crippen LogP contribution in [0, 0.1) is 18.7 Å². The van der Waals surface area contributed by atoms with E-state index in [1.807, 2.05) is 13.0 Å². The first-order chi connectivity index (χ1) is 12.4. The number of nitrogens with zero attached hydrogens (tertiary/aromatic N) is 1. The van der Waals surface area contributed by atoms with Crippen molar-refractivity contribution in [1.29, 1.82) is 0 Å². The van der Waals surface area contributed by atoms with Crippen LogP contribution in [0.4, 0.5) is 10.1 Å². The Morgan fingerprint density at radius 2 is 1.85 bits per heavy atom. The van der Waals surface area contributed by atoms with E-state index in [-0.39, 0.29) is 18.9 Å². The van der Waals surface area contributed by atoms with Gasteiger partial charge < -0.3 is 4.90 Å². The molecule has 2 aromatic carbocycles. The maximum absolute atomic E-state index is 13.0. The van der Waals surface area contributed by atoms with Crippen molar-refractivity contribution < 1.29 is 18.8 Å². The fraction of sp³-hybridized carbons (Fsp3) is 0.211. The van der Waals surface area contributed by atoms with E-state index in [0.29, 0.717) is 11.3 Å². The van der Waals surface area contributed by atoms with E-state index >= 15 is 0 Å². The quantitative estimate of drug-likeness (QED) is 0.826. The first-order valence-electron chi connectivity index (χ1n) is 8.17. The third-order valence-corrected chi connectivity index (χ3v) is 4.21. The van der Waals surface area contributed by atoms with Crippen LogP contribution in [0.5, 0.6) is 0 Å². The Labute approximate surface area is 150 Å². The molecule has 7 heteroatoms. The van der Waals surface area contributed by atoms with E-state index in [9.17, 15) is 18.8 Å². The van der Waals surface area contributed by atoms with E-state index in [1.165, 1.54) is 29.2 Å². The third-order valence-electron chi connectivity index (χ3n) is 4.21. The van der Waals surface area contributed by atoms with Crippen molar-refractivity contribution in [2.24, 2.45) is 5.92 Å². The molecule has 0 aliphatic carbocycles. The third kappa shape index (κ3) is 3.88. The van der Waals surface area contributed by atoms with Crippen LogP contribution < -0.4 is 15.8 Å². The Hall–Kier alpha value is -3.22. The van der Waals surface area contributed by atoms with Crippen molar-refractivity contribution in [3.05, 3.63) is 65.5 Å². The lowest BCUT2D eigenvalue weighted by molar-refractivity contribution is -0.126. The molecular weight excluding hydrogens is 337 g/mol. The number of rotatable bonds is 3. The van der Waals surface area contributed by atoms with Crippen LogP contribution in [0.3, 0.4) is 0 Å².